The van der Waals surface area contributed by atoms with Crippen molar-refractivity contribution in [2.75, 3.05) is 0 Å². The number of sulfonamides is 1. The van der Waals surface area contributed by atoms with E-state index in [1.54, 1.807) is 18.7 Å². The molecule has 13 heteroatoms. The monoisotopic (exact) mass is 450 g/mol. The van der Waals surface area contributed by atoms with Crippen LogP contribution in [0.4, 0.5) is 5.82 Å². The standard InChI is InChI=1S/C15H19ClN6O4S.ClH/c1-7(2)12(17)14(23)26-22-27(24,25)8-3-4-9-10(5-8)13(21-15(18)19)20-6-11(9)16;/h3-7,12,22H,17H2,1-2H3,(H4,18,19,20,21);1H/t12-;/m1./s1. The minimum Gasteiger partial charge on any atom is -0.370 e. The van der Waals surface area contributed by atoms with Crippen molar-refractivity contribution in [3.8, 4) is 0 Å². The Labute approximate surface area is 172 Å². The second kappa shape index (κ2) is 9.34. The minimum absolute atomic E-state index is 0. The zero-order valence-corrected chi connectivity index (χ0v) is 17.3. The predicted octanol–water partition coefficient (Wildman–Crippen LogP) is 0.935. The number of aromatic nitrogens is 1. The molecule has 0 fully saturated rings. The summed E-state index contributed by atoms with van der Waals surface area (Å²) in [6.07, 6.45) is 1.34. The number of carbonyl (C=O) groups excluding carboxylic acids is 1. The van der Waals surface area contributed by atoms with Crippen molar-refractivity contribution >= 4 is 62.6 Å². The maximum atomic E-state index is 12.4. The summed E-state index contributed by atoms with van der Waals surface area (Å²) in [5.41, 5.74) is 16.3. The summed E-state index contributed by atoms with van der Waals surface area (Å²) in [7, 11) is -4.19. The Morgan fingerprint density at radius 1 is 1.29 bits per heavy atom. The number of pyridine rings is 1. The fourth-order valence-electron chi connectivity index (χ4n) is 2.04. The highest BCUT2D eigenvalue weighted by Gasteiger charge is 2.23. The van der Waals surface area contributed by atoms with Crippen LogP contribution in [-0.2, 0) is 19.7 Å². The molecule has 1 aromatic carbocycles. The molecule has 10 nitrogen and oxygen atoms in total. The van der Waals surface area contributed by atoms with Crippen molar-refractivity contribution in [3.63, 3.8) is 0 Å². The van der Waals surface area contributed by atoms with E-state index in [-0.39, 0.29) is 40.0 Å². The lowest BCUT2D eigenvalue weighted by Crippen LogP contribution is -2.41. The number of nitrogens with two attached hydrogens (primary N) is 3. The molecule has 1 atom stereocenters. The Balaban J connectivity index is 0.00000392. The highest BCUT2D eigenvalue weighted by molar-refractivity contribution is 7.89. The number of carbonyl (C=O) groups is 1. The molecule has 2 aromatic rings. The van der Waals surface area contributed by atoms with Crippen LogP contribution in [-0.4, -0.2) is 31.4 Å². The van der Waals surface area contributed by atoms with E-state index in [9.17, 15) is 13.2 Å². The molecule has 7 N–H and O–H groups in total. The van der Waals surface area contributed by atoms with Crippen molar-refractivity contribution in [2.24, 2.45) is 28.1 Å². The fraction of sp³-hybridized carbons (Fsp3) is 0.267. The third kappa shape index (κ3) is 5.42. The van der Waals surface area contributed by atoms with Crippen LogP contribution in [0.3, 0.4) is 0 Å². The smallest absolute Gasteiger partial charge is 0.342 e. The molecule has 0 saturated carbocycles. The Hall–Kier alpha value is -2.18. The van der Waals surface area contributed by atoms with Gasteiger partial charge in [0.1, 0.15) is 6.04 Å². The van der Waals surface area contributed by atoms with E-state index in [2.05, 4.69) is 14.8 Å². The van der Waals surface area contributed by atoms with Crippen molar-refractivity contribution < 1.29 is 18.0 Å². The lowest BCUT2D eigenvalue weighted by molar-refractivity contribution is -0.149. The van der Waals surface area contributed by atoms with E-state index in [1.807, 2.05) is 0 Å². The lowest BCUT2D eigenvalue weighted by Gasteiger charge is -2.14. The number of aliphatic imine (C=N–C) groups is 1. The lowest BCUT2D eigenvalue weighted by atomic mass is 10.1. The van der Waals surface area contributed by atoms with E-state index in [1.165, 1.54) is 24.4 Å². The SMILES string of the molecule is CC(C)[C@@H](N)C(=O)ONS(=O)(=O)c1ccc2c(Cl)cnc(N=C(N)N)c2c1.Cl. The summed E-state index contributed by atoms with van der Waals surface area (Å²) in [6.45, 7) is 3.40. The zero-order chi connectivity index (χ0) is 20.4. The summed E-state index contributed by atoms with van der Waals surface area (Å²) < 4.78 is 24.8. The number of hydrogen-bond donors (Lipinski definition) is 4. The van der Waals surface area contributed by atoms with E-state index >= 15 is 0 Å². The first kappa shape index (κ1) is 23.9. The molecule has 0 aliphatic carbocycles. The van der Waals surface area contributed by atoms with Gasteiger partial charge in [-0.1, -0.05) is 31.5 Å². The molecule has 0 bridgehead atoms. The molecule has 0 radical (unpaired) electrons. The molecule has 0 aliphatic rings. The first-order valence-corrected chi connectivity index (χ1v) is 9.55. The van der Waals surface area contributed by atoms with Gasteiger partial charge < -0.3 is 22.0 Å². The number of benzene rings is 1. The molecule has 1 heterocycles. The van der Waals surface area contributed by atoms with Gasteiger partial charge >= 0.3 is 5.97 Å². The highest BCUT2D eigenvalue weighted by Crippen LogP contribution is 2.31. The molecular formula is C15H20Cl2N6O4S. The van der Waals surface area contributed by atoms with Crippen LogP contribution in [0.5, 0.6) is 0 Å². The van der Waals surface area contributed by atoms with E-state index in [0.29, 0.717) is 10.8 Å². The van der Waals surface area contributed by atoms with Gasteiger partial charge in [0.15, 0.2) is 11.8 Å². The Morgan fingerprint density at radius 3 is 2.50 bits per heavy atom. The molecule has 0 unspecified atom stereocenters. The van der Waals surface area contributed by atoms with Gasteiger partial charge in [-0.15, -0.1) is 12.4 Å². The molecule has 154 valence electrons. The average Bonchev–Trinajstić information content (AvgIpc) is 2.60. The molecular weight excluding hydrogens is 431 g/mol. The summed E-state index contributed by atoms with van der Waals surface area (Å²) >= 11 is 6.08. The van der Waals surface area contributed by atoms with Crippen molar-refractivity contribution in [1.82, 2.24) is 9.87 Å². The van der Waals surface area contributed by atoms with Gasteiger partial charge in [0.05, 0.1) is 9.92 Å². The summed E-state index contributed by atoms with van der Waals surface area (Å²) in [5.74, 6) is -1.29. The van der Waals surface area contributed by atoms with Crippen LogP contribution in [0.1, 0.15) is 13.8 Å². The van der Waals surface area contributed by atoms with Gasteiger partial charge in [0, 0.05) is 17.0 Å². The second-order valence-corrected chi connectivity index (χ2v) is 8.00. The Morgan fingerprint density at radius 2 is 1.93 bits per heavy atom. The first-order valence-electron chi connectivity index (χ1n) is 7.69. The maximum absolute atomic E-state index is 12.4. The molecule has 0 amide bonds. The van der Waals surface area contributed by atoms with Gasteiger partial charge in [0.2, 0.25) is 0 Å². The first-order chi connectivity index (χ1) is 12.5. The molecule has 1 aromatic heterocycles. The van der Waals surface area contributed by atoms with Gasteiger partial charge in [0.25, 0.3) is 10.0 Å². The number of hydrogen-bond acceptors (Lipinski definition) is 7. The Kier molecular flexibility index (Phi) is 7.96. The third-order valence-electron chi connectivity index (χ3n) is 3.58. The van der Waals surface area contributed by atoms with Crippen molar-refractivity contribution in [2.45, 2.75) is 24.8 Å². The molecule has 0 saturated heterocycles. The van der Waals surface area contributed by atoms with Crippen LogP contribution < -0.4 is 22.1 Å². The Bertz CT molecular complexity index is 1010. The van der Waals surface area contributed by atoms with Crippen LogP contribution in [0.25, 0.3) is 10.8 Å². The van der Waals surface area contributed by atoms with Crippen LogP contribution in [0, 0.1) is 5.92 Å². The van der Waals surface area contributed by atoms with Crippen LogP contribution in [0.2, 0.25) is 5.02 Å². The molecule has 2 rings (SSSR count). The topological polar surface area (TPSA) is 176 Å². The van der Waals surface area contributed by atoms with Gasteiger partial charge in [-0.05, 0) is 22.9 Å². The predicted molar refractivity (Wildman–Crippen MR) is 109 cm³/mol. The van der Waals surface area contributed by atoms with Crippen molar-refractivity contribution in [3.05, 3.63) is 29.4 Å². The summed E-state index contributed by atoms with van der Waals surface area (Å²) in [4.78, 5) is 25.7. The van der Waals surface area contributed by atoms with Gasteiger partial charge in [-0.2, -0.15) is 4.99 Å². The highest BCUT2D eigenvalue weighted by atomic mass is 35.5. The normalized spacial score (nSPS) is 12.3. The second-order valence-electron chi connectivity index (χ2n) is 5.95. The fourth-order valence-corrected chi connectivity index (χ4v) is 3.06. The third-order valence-corrected chi connectivity index (χ3v) is 5.06. The number of fused-ring (bicyclic) bond motifs is 1. The largest absolute Gasteiger partial charge is 0.370 e. The number of guanidine groups is 1. The minimum atomic E-state index is -4.19. The van der Waals surface area contributed by atoms with Gasteiger partial charge in [-0.25, -0.2) is 18.2 Å². The number of nitrogens with one attached hydrogen (secondary N) is 1. The summed E-state index contributed by atoms with van der Waals surface area (Å²) in [5, 5.41) is 1.07. The number of rotatable bonds is 6. The van der Waals surface area contributed by atoms with Crippen molar-refractivity contribution in [1.29, 1.82) is 0 Å². The number of halogens is 2. The molecule has 0 spiro atoms. The van der Waals surface area contributed by atoms with E-state index in [4.69, 9.17) is 28.8 Å². The van der Waals surface area contributed by atoms with Crippen LogP contribution in [0.15, 0.2) is 34.3 Å². The summed E-state index contributed by atoms with van der Waals surface area (Å²) in [6, 6.07) is 3.03. The van der Waals surface area contributed by atoms with E-state index in [0.717, 1.165) is 0 Å². The average molecular weight is 451 g/mol. The maximum Gasteiger partial charge on any atom is 0.342 e. The quantitative estimate of drug-likeness (QED) is 0.285. The molecule has 28 heavy (non-hydrogen) atoms. The zero-order valence-electron chi connectivity index (χ0n) is 14.9. The number of nitrogens with zero attached hydrogens (tertiary/aromatic N) is 2. The van der Waals surface area contributed by atoms with E-state index < -0.39 is 22.0 Å². The van der Waals surface area contributed by atoms with Crippen LogP contribution >= 0.6 is 24.0 Å². The molecule has 0 aliphatic heterocycles. The van der Waals surface area contributed by atoms with Gasteiger partial charge in [-0.3, -0.25) is 0 Å².